The smallest absolute Gasteiger partial charge is 0.142 e. The molecule has 17 heavy (non-hydrogen) atoms. The van der Waals surface area contributed by atoms with E-state index in [0.29, 0.717) is 12.2 Å². The van der Waals surface area contributed by atoms with Crippen LogP contribution in [0.3, 0.4) is 0 Å². The molecule has 0 radical (unpaired) electrons. The van der Waals surface area contributed by atoms with Crippen LogP contribution in [0.5, 0.6) is 0 Å². The maximum absolute atomic E-state index is 12.3. The van der Waals surface area contributed by atoms with Crippen LogP contribution in [0.15, 0.2) is 24.3 Å². The van der Waals surface area contributed by atoms with Gasteiger partial charge in [-0.15, -0.1) is 0 Å². The second-order valence-electron chi connectivity index (χ2n) is 6.04. The SMILES string of the molecule is CCC(=O)C1(C)CCC(C)(C)c2ccccc21. The number of carbonyl (C=O) groups excluding carboxylic acids is 1. The van der Waals surface area contributed by atoms with Crippen LogP contribution in [0.25, 0.3) is 0 Å². The second kappa shape index (κ2) is 3.97. The van der Waals surface area contributed by atoms with E-state index in [1.807, 2.05) is 6.92 Å². The highest BCUT2D eigenvalue weighted by molar-refractivity contribution is 5.90. The fourth-order valence-corrected chi connectivity index (χ4v) is 3.07. The highest BCUT2D eigenvalue weighted by Crippen LogP contribution is 2.46. The summed E-state index contributed by atoms with van der Waals surface area (Å²) in [4.78, 5) is 12.3. The van der Waals surface area contributed by atoms with Gasteiger partial charge in [-0.05, 0) is 36.3 Å². The Morgan fingerprint density at radius 2 is 1.71 bits per heavy atom. The van der Waals surface area contributed by atoms with Crippen molar-refractivity contribution in [3.8, 4) is 0 Å². The molecule has 1 aliphatic carbocycles. The van der Waals surface area contributed by atoms with E-state index in [2.05, 4.69) is 45.0 Å². The Hall–Kier alpha value is -1.11. The molecule has 1 atom stereocenters. The number of benzene rings is 1. The van der Waals surface area contributed by atoms with Gasteiger partial charge in [0, 0.05) is 6.42 Å². The normalized spacial score (nSPS) is 26.4. The van der Waals surface area contributed by atoms with E-state index < -0.39 is 0 Å². The molecule has 92 valence electrons. The second-order valence-corrected chi connectivity index (χ2v) is 6.04. The van der Waals surface area contributed by atoms with Gasteiger partial charge in [0.2, 0.25) is 0 Å². The van der Waals surface area contributed by atoms with E-state index in [9.17, 15) is 4.79 Å². The molecule has 0 N–H and O–H groups in total. The molecule has 1 aliphatic rings. The molecule has 1 nitrogen and oxygen atoms in total. The molecule has 0 heterocycles. The summed E-state index contributed by atoms with van der Waals surface area (Å²) in [6.45, 7) is 8.65. The predicted molar refractivity (Wildman–Crippen MR) is 71.4 cm³/mol. The summed E-state index contributed by atoms with van der Waals surface area (Å²) < 4.78 is 0. The first-order valence-corrected chi connectivity index (χ1v) is 6.55. The van der Waals surface area contributed by atoms with Crippen LogP contribution in [0.1, 0.15) is 58.1 Å². The minimum Gasteiger partial charge on any atom is -0.299 e. The van der Waals surface area contributed by atoms with E-state index in [1.54, 1.807) is 0 Å². The van der Waals surface area contributed by atoms with Crippen molar-refractivity contribution in [3.05, 3.63) is 35.4 Å². The Morgan fingerprint density at radius 1 is 1.12 bits per heavy atom. The maximum Gasteiger partial charge on any atom is 0.142 e. The molecule has 1 heteroatoms. The zero-order valence-corrected chi connectivity index (χ0v) is 11.3. The lowest BCUT2D eigenvalue weighted by atomic mass is 9.60. The van der Waals surface area contributed by atoms with Gasteiger partial charge in [0.15, 0.2) is 0 Å². The molecule has 0 saturated carbocycles. The van der Waals surface area contributed by atoms with Gasteiger partial charge in [0.1, 0.15) is 5.78 Å². The summed E-state index contributed by atoms with van der Waals surface area (Å²) in [6.07, 6.45) is 2.70. The molecule has 0 aromatic heterocycles. The molecule has 0 fully saturated rings. The number of carbonyl (C=O) groups is 1. The number of hydrogen-bond donors (Lipinski definition) is 0. The van der Waals surface area contributed by atoms with Crippen LogP contribution in [0.4, 0.5) is 0 Å². The highest BCUT2D eigenvalue weighted by Gasteiger charge is 2.43. The quantitative estimate of drug-likeness (QED) is 0.750. The molecule has 0 spiro atoms. The Balaban J connectivity index is 2.59. The third-order valence-corrected chi connectivity index (χ3v) is 4.44. The molecule has 1 aromatic carbocycles. The van der Waals surface area contributed by atoms with Crippen molar-refractivity contribution in [2.45, 2.75) is 57.8 Å². The zero-order chi connectivity index (χ0) is 12.7. The molecule has 0 aliphatic heterocycles. The Bertz CT molecular complexity index is 445. The maximum atomic E-state index is 12.3. The van der Waals surface area contributed by atoms with Gasteiger partial charge in [-0.2, -0.15) is 0 Å². The monoisotopic (exact) mass is 230 g/mol. The molecular formula is C16H22O. The molecule has 1 aromatic rings. The molecule has 0 saturated heterocycles. The lowest BCUT2D eigenvalue weighted by Gasteiger charge is -2.42. The highest BCUT2D eigenvalue weighted by atomic mass is 16.1. The third-order valence-electron chi connectivity index (χ3n) is 4.44. The summed E-state index contributed by atoms with van der Waals surface area (Å²) >= 11 is 0. The van der Waals surface area contributed by atoms with Gasteiger partial charge in [-0.3, -0.25) is 4.79 Å². The third kappa shape index (κ3) is 1.82. The van der Waals surface area contributed by atoms with E-state index in [0.717, 1.165) is 12.8 Å². The number of ketones is 1. The summed E-state index contributed by atoms with van der Waals surface area (Å²) in [5.41, 5.74) is 2.55. The minimum absolute atomic E-state index is 0.199. The van der Waals surface area contributed by atoms with E-state index in [1.165, 1.54) is 11.1 Å². The van der Waals surface area contributed by atoms with Crippen molar-refractivity contribution in [2.75, 3.05) is 0 Å². The molecule has 0 bridgehead atoms. The molecule has 1 unspecified atom stereocenters. The average Bonchev–Trinajstić information content (AvgIpc) is 2.34. The van der Waals surface area contributed by atoms with Crippen LogP contribution < -0.4 is 0 Å². The van der Waals surface area contributed by atoms with Gasteiger partial charge in [0.05, 0.1) is 5.41 Å². The standard InChI is InChI=1S/C16H22O/c1-5-14(17)16(4)11-10-15(2,3)12-8-6-7-9-13(12)16/h6-9H,5,10-11H2,1-4H3. The summed E-state index contributed by atoms with van der Waals surface area (Å²) in [5.74, 6) is 0.375. The fraction of sp³-hybridized carbons (Fsp3) is 0.562. The Kier molecular flexibility index (Phi) is 2.89. The molecule has 2 rings (SSSR count). The van der Waals surface area contributed by atoms with Crippen LogP contribution >= 0.6 is 0 Å². The Morgan fingerprint density at radius 3 is 2.29 bits per heavy atom. The zero-order valence-electron chi connectivity index (χ0n) is 11.3. The predicted octanol–water partition coefficient (Wildman–Crippen LogP) is 3.99. The van der Waals surface area contributed by atoms with Crippen LogP contribution in [-0.4, -0.2) is 5.78 Å². The van der Waals surface area contributed by atoms with Gasteiger partial charge in [-0.25, -0.2) is 0 Å². The molecular weight excluding hydrogens is 208 g/mol. The van der Waals surface area contributed by atoms with Crippen molar-refractivity contribution >= 4 is 5.78 Å². The minimum atomic E-state index is -0.263. The number of hydrogen-bond acceptors (Lipinski definition) is 1. The fourth-order valence-electron chi connectivity index (χ4n) is 3.07. The van der Waals surface area contributed by atoms with Crippen molar-refractivity contribution in [1.29, 1.82) is 0 Å². The van der Waals surface area contributed by atoms with Crippen LogP contribution in [0, 0.1) is 0 Å². The lowest BCUT2D eigenvalue weighted by molar-refractivity contribution is -0.124. The first-order chi connectivity index (χ1) is 7.92. The first kappa shape index (κ1) is 12.3. The van der Waals surface area contributed by atoms with Crippen LogP contribution in [0.2, 0.25) is 0 Å². The number of rotatable bonds is 2. The van der Waals surface area contributed by atoms with Crippen LogP contribution in [-0.2, 0) is 15.6 Å². The summed E-state index contributed by atoms with van der Waals surface area (Å²) in [5, 5.41) is 0. The van der Waals surface area contributed by atoms with Crippen molar-refractivity contribution < 1.29 is 4.79 Å². The lowest BCUT2D eigenvalue weighted by Crippen LogP contribution is -2.41. The first-order valence-electron chi connectivity index (χ1n) is 6.55. The van der Waals surface area contributed by atoms with Gasteiger partial charge < -0.3 is 0 Å². The van der Waals surface area contributed by atoms with Crippen molar-refractivity contribution in [1.82, 2.24) is 0 Å². The summed E-state index contributed by atoms with van der Waals surface area (Å²) in [6, 6.07) is 8.48. The largest absolute Gasteiger partial charge is 0.299 e. The Labute approximate surface area is 104 Å². The van der Waals surface area contributed by atoms with Crippen molar-refractivity contribution in [3.63, 3.8) is 0 Å². The van der Waals surface area contributed by atoms with E-state index >= 15 is 0 Å². The number of Topliss-reactive ketones (excluding diaryl/α,β-unsaturated/α-hetero) is 1. The van der Waals surface area contributed by atoms with Crippen molar-refractivity contribution in [2.24, 2.45) is 0 Å². The average molecular weight is 230 g/mol. The van der Waals surface area contributed by atoms with E-state index in [4.69, 9.17) is 0 Å². The molecule has 0 amide bonds. The summed E-state index contributed by atoms with van der Waals surface area (Å²) in [7, 11) is 0. The van der Waals surface area contributed by atoms with Gasteiger partial charge in [-0.1, -0.05) is 45.0 Å². The topological polar surface area (TPSA) is 17.1 Å². The van der Waals surface area contributed by atoms with Gasteiger partial charge >= 0.3 is 0 Å². The van der Waals surface area contributed by atoms with Gasteiger partial charge in [0.25, 0.3) is 0 Å². The number of fused-ring (bicyclic) bond motifs is 1. The van der Waals surface area contributed by atoms with E-state index in [-0.39, 0.29) is 10.8 Å².